The Morgan fingerprint density at radius 1 is 1.39 bits per heavy atom. The van der Waals surface area contributed by atoms with Crippen LogP contribution in [0.25, 0.3) is 0 Å². The normalized spacial score (nSPS) is 18.6. The van der Waals surface area contributed by atoms with Crippen LogP contribution in [0, 0.1) is 18.2 Å². The van der Waals surface area contributed by atoms with E-state index in [0.717, 1.165) is 32.4 Å². The molecule has 2 nitrogen and oxygen atoms in total. The van der Waals surface area contributed by atoms with Crippen molar-refractivity contribution in [1.82, 2.24) is 5.32 Å². The van der Waals surface area contributed by atoms with E-state index in [-0.39, 0.29) is 17.0 Å². The Hall–Kier alpha value is -1.22. The van der Waals surface area contributed by atoms with Crippen LogP contribution in [0.3, 0.4) is 0 Å². The third-order valence-corrected chi connectivity index (χ3v) is 4.14. The summed E-state index contributed by atoms with van der Waals surface area (Å²) in [5.41, 5.74) is 0.939. The number of rotatable bonds is 3. The smallest absolute Gasteiger partial charge is 0.169 e. The van der Waals surface area contributed by atoms with E-state index < -0.39 is 0 Å². The van der Waals surface area contributed by atoms with Crippen LogP contribution in [0.5, 0.6) is 0 Å². The van der Waals surface area contributed by atoms with Gasteiger partial charge in [0.05, 0.1) is 0 Å². The highest BCUT2D eigenvalue weighted by atomic mass is 19.1. The second-order valence-electron chi connectivity index (χ2n) is 5.18. The first-order chi connectivity index (χ1) is 8.59. The van der Waals surface area contributed by atoms with Crippen LogP contribution >= 0.6 is 0 Å². The molecule has 0 unspecified atom stereocenters. The number of hydrogen-bond acceptors (Lipinski definition) is 2. The predicted octanol–water partition coefficient (Wildman–Crippen LogP) is 3.10. The SMILES string of the molecule is CCC1(C(=O)c2ccc(F)c(C)c2)CCNCC1. The third kappa shape index (κ3) is 2.32. The van der Waals surface area contributed by atoms with Gasteiger partial charge in [-0.3, -0.25) is 4.79 Å². The molecule has 1 fully saturated rings. The summed E-state index contributed by atoms with van der Waals surface area (Å²) in [6, 6.07) is 4.69. The lowest BCUT2D eigenvalue weighted by atomic mass is 9.71. The summed E-state index contributed by atoms with van der Waals surface area (Å²) in [6.45, 7) is 5.55. The highest BCUT2D eigenvalue weighted by Gasteiger charge is 2.38. The van der Waals surface area contributed by atoms with Crippen LogP contribution in [0.2, 0.25) is 0 Å². The number of hydrogen-bond donors (Lipinski definition) is 1. The van der Waals surface area contributed by atoms with Gasteiger partial charge in [0.15, 0.2) is 5.78 Å². The molecule has 0 aliphatic carbocycles. The van der Waals surface area contributed by atoms with Crippen molar-refractivity contribution >= 4 is 5.78 Å². The van der Waals surface area contributed by atoms with Crippen molar-refractivity contribution in [2.45, 2.75) is 33.1 Å². The van der Waals surface area contributed by atoms with Gasteiger partial charge >= 0.3 is 0 Å². The molecular weight excluding hydrogens is 229 g/mol. The van der Waals surface area contributed by atoms with Gasteiger partial charge in [-0.05, 0) is 63.0 Å². The van der Waals surface area contributed by atoms with Gasteiger partial charge in [0, 0.05) is 11.0 Å². The lowest BCUT2D eigenvalue weighted by Gasteiger charge is -2.35. The molecule has 0 amide bonds. The molecule has 0 aromatic heterocycles. The lowest BCUT2D eigenvalue weighted by Crippen LogP contribution is -2.41. The second-order valence-corrected chi connectivity index (χ2v) is 5.18. The Bertz CT molecular complexity index is 450. The molecule has 1 aromatic rings. The zero-order valence-corrected chi connectivity index (χ0v) is 11.1. The van der Waals surface area contributed by atoms with Crippen molar-refractivity contribution in [3.8, 4) is 0 Å². The van der Waals surface area contributed by atoms with E-state index in [0.29, 0.717) is 11.1 Å². The summed E-state index contributed by atoms with van der Waals surface area (Å²) in [7, 11) is 0. The highest BCUT2D eigenvalue weighted by Crippen LogP contribution is 2.36. The van der Waals surface area contributed by atoms with Crippen molar-refractivity contribution < 1.29 is 9.18 Å². The van der Waals surface area contributed by atoms with E-state index in [1.165, 1.54) is 6.07 Å². The Kier molecular flexibility index (Phi) is 3.81. The summed E-state index contributed by atoms with van der Waals surface area (Å²) < 4.78 is 13.3. The quantitative estimate of drug-likeness (QED) is 0.834. The number of nitrogens with one attached hydrogen (secondary N) is 1. The molecular formula is C15H20FNO. The number of halogens is 1. The predicted molar refractivity (Wildman–Crippen MR) is 70.3 cm³/mol. The van der Waals surface area contributed by atoms with Gasteiger partial charge in [-0.15, -0.1) is 0 Å². The van der Waals surface area contributed by atoms with Crippen LogP contribution in [0.4, 0.5) is 4.39 Å². The first kappa shape index (κ1) is 13.2. The van der Waals surface area contributed by atoms with E-state index in [9.17, 15) is 9.18 Å². The highest BCUT2D eigenvalue weighted by molar-refractivity contribution is 6.00. The fourth-order valence-electron chi connectivity index (χ4n) is 2.74. The zero-order valence-electron chi connectivity index (χ0n) is 11.1. The minimum absolute atomic E-state index is 0.176. The molecule has 1 aromatic carbocycles. The minimum atomic E-state index is -0.254. The Balaban J connectivity index is 2.30. The molecule has 0 atom stereocenters. The number of Topliss-reactive ketones (excluding diaryl/α,β-unsaturated/α-hetero) is 1. The maximum absolute atomic E-state index is 13.3. The van der Waals surface area contributed by atoms with Crippen molar-refractivity contribution in [2.24, 2.45) is 5.41 Å². The van der Waals surface area contributed by atoms with Crippen molar-refractivity contribution in [1.29, 1.82) is 0 Å². The average molecular weight is 249 g/mol. The molecule has 1 aliphatic heterocycles. The number of benzene rings is 1. The number of ketones is 1. The first-order valence-corrected chi connectivity index (χ1v) is 6.61. The van der Waals surface area contributed by atoms with Gasteiger partial charge in [-0.1, -0.05) is 6.92 Å². The van der Waals surface area contributed by atoms with E-state index in [1.54, 1.807) is 19.1 Å². The Morgan fingerprint density at radius 2 is 2.06 bits per heavy atom. The van der Waals surface area contributed by atoms with Crippen LogP contribution in [0.15, 0.2) is 18.2 Å². The van der Waals surface area contributed by atoms with Crippen molar-refractivity contribution in [3.05, 3.63) is 35.1 Å². The molecule has 3 heteroatoms. The number of carbonyl (C=O) groups excluding carboxylic acids is 1. The van der Waals surface area contributed by atoms with Gasteiger partial charge in [0.25, 0.3) is 0 Å². The Labute approximate surface area is 108 Å². The monoisotopic (exact) mass is 249 g/mol. The minimum Gasteiger partial charge on any atom is -0.317 e. The molecule has 1 saturated heterocycles. The lowest BCUT2D eigenvalue weighted by molar-refractivity contribution is 0.0717. The molecule has 1 aliphatic rings. The summed E-state index contributed by atoms with van der Waals surface area (Å²) in [4.78, 5) is 12.7. The van der Waals surface area contributed by atoms with E-state index in [2.05, 4.69) is 12.2 Å². The zero-order chi connectivity index (χ0) is 13.2. The first-order valence-electron chi connectivity index (χ1n) is 6.61. The number of carbonyl (C=O) groups is 1. The number of aryl methyl sites for hydroxylation is 1. The van der Waals surface area contributed by atoms with Gasteiger partial charge in [-0.2, -0.15) is 0 Å². The van der Waals surface area contributed by atoms with Crippen molar-refractivity contribution in [2.75, 3.05) is 13.1 Å². The van der Waals surface area contributed by atoms with Crippen molar-refractivity contribution in [3.63, 3.8) is 0 Å². The van der Waals surface area contributed by atoms with Gasteiger partial charge in [-0.25, -0.2) is 4.39 Å². The summed E-state index contributed by atoms with van der Waals surface area (Å²) in [5, 5.41) is 3.29. The molecule has 0 bridgehead atoms. The van der Waals surface area contributed by atoms with Gasteiger partial charge in [0.2, 0.25) is 0 Å². The van der Waals surface area contributed by atoms with E-state index in [4.69, 9.17) is 0 Å². The van der Waals surface area contributed by atoms with E-state index in [1.807, 2.05) is 0 Å². The summed E-state index contributed by atoms with van der Waals surface area (Å²) in [5.74, 6) is -0.0722. The van der Waals surface area contributed by atoms with Gasteiger partial charge in [0.1, 0.15) is 5.82 Å². The fraction of sp³-hybridized carbons (Fsp3) is 0.533. The molecule has 1 heterocycles. The average Bonchev–Trinajstić information content (AvgIpc) is 2.42. The van der Waals surface area contributed by atoms with E-state index >= 15 is 0 Å². The number of piperidine rings is 1. The third-order valence-electron chi connectivity index (χ3n) is 4.14. The fourth-order valence-corrected chi connectivity index (χ4v) is 2.74. The standard InChI is InChI=1S/C15H20FNO/c1-3-15(6-8-17-9-7-15)14(18)12-4-5-13(16)11(2)10-12/h4-5,10,17H,3,6-9H2,1-2H3. The largest absolute Gasteiger partial charge is 0.317 e. The second kappa shape index (κ2) is 5.19. The molecule has 1 N–H and O–H groups in total. The van der Waals surface area contributed by atoms with Crippen LogP contribution in [0.1, 0.15) is 42.1 Å². The molecule has 18 heavy (non-hydrogen) atoms. The molecule has 98 valence electrons. The van der Waals surface area contributed by atoms with Gasteiger partial charge < -0.3 is 5.32 Å². The Morgan fingerprint density at radius 3 is 2.61 bits per heavy atom. The molecule has 0 radical (unpaired) electrons. The molecule has 2 rings (SSSR count). The maximum Gasteiger partial charge on any atom is 0.169 e. The summed E-state index contributed by atoms with van der Waals surface area (Å²) in [6.07, 6.45) is 2.60. The maximum atomic E-state index is 13.3. The summed E-state index contributed by atoms with van der Waals surface area (Å²) >= 11 is 0. The molecule has 0 spiro atoms. The van der Waals surface area contributed by atoms with Crippen LogP contribution < -0.4 is 5.32 Å². The van der Waals surface area contributed by atoms with Crippen LogP contribution in [-0.4, -0.2) is 18.9 Å². The molecule has 0 saturated carbocycles. The van der Waals surface area contributed by atoms with Crippen LogP contribution in [-0.2, 0) is 0 Å². The topological polar surface area (TPSA) is 29.1 Å².